The zero-order valence-electron chi connectivity index (χ0n) is 19.3. The number of nitrogens with one attached hydrogen (secondary N) is 2. The number of hydrogen-bond acceptors (Lipinski definition) is 4. The highest BCUT2D eigenvalue weighted by Crippen LogP contribution is 2.31. The number of alkyl halides is 3. The van der Waals surface area contributed by atoms with Crippen molar-refractivity contribution in [2.45, 2.75) is 44.4 Å². The summed E-state index contributed by atoms with van der Waals surface area (Å²) in [6.07, 6.45) is -4.95. The van der Waals surface area contributed by atoms with Gasteiger partial charge in [0.1, 0.15) is 5.75 Å². The molecular weight excluding hydrogens is 481 g/mol. The van der Waals surface area contributed by atoms with Crippen LogP contribution >= 0.6 is 0 Å². The topological polar surface area (TPSA) is 84.5 Å². The lowest BCUT2D eigenvalue weighted by molar-refractivity contribution is -0.137. The molecule has 0 unspecified atom stereocenters. The molecule has 35 heavy (non-hydrogen) atoms. The van der Waals surface area contributed by atoms with E-state index in [1.54, 1.807) is 0 Å². The predicted octanol–water partition coefficient (Wildman–Crippen LogP) is 5.92. The first kappa shape index (κ1) is 26.1. The number of benzene rings is 3. The number of ether oxygens (including phenoxy) is 1. The van der Waals surface area contributed by atoms with Crippen LogP contribution in [0.1, 0.15) is 30.0 Å². The largest absolute Gasteiger partial charge is 0.480 e. The molecule has 2 N–H and O–H groups in total. The second kappa shape index (κ2) is 10.4. The molecule has 0 aromatic heterocycles. The summed E-state index contributed by atoms with van der Waals surface area (Å²) < 4.78 is 71.9. The molecule has 0 radical (unpaired) electrons. The van der Waals surface area contributed by atoms with E-state index >= 15 is 0 Å². The van der Waals surface area contributed by atoms with E-state index in [1.165, 1.54) is 30.3 Å². The summed E-state index contributed by atoms with van der Waals surface area (Å²) in [6, 6.07) is 14.9. The number of aryl methyl sites for hydroxylation is 2. The molecule has 3 rings (SSSR count). The molecule has 3 aromatic rings. The van der Waals surface area contributed by atoms with Crippen LogP contribution in [0.4, 0.5) is 24.5 Å². The highest BCUT2D eigenvalue weighted by molar-refractivity contribution is 7.92. The van der Waals surface area contributed by atoms with Gasteiger partial charge in [-0.15, -0.1) is 0 Å². The van der Waals surface area contributed by atoms with Gasteiger partial charge in [0.25, 0.3) is 15.9 Å². The molecule has 0 heterocycles. The highest BCUT2D eigenvalue weighted by Gasteiger charge is 2.30. The second-order valence-electron chi connectivity index (χ2n) is 7.98. The number of carbonyl (C=O) groups is 1. The summed E-state index contributed by atoms with van der Waals surface area (Å²) in [7, 11) is -4.15. The van der Waals surface area contributed by atoms with Gasteiger partial charge in [-0.05, 0) is 79.9 Å². The van der Waals surface area contributed by atoms with Crippen LogP contribution in [0.5, 0.6) is 5.75 Å². The standard InChI is InChI=1S/C25H25F3N2O4S/c1-4-22(34-23-14-16(2)8-9-17(23)3)24(31)29-19-10-12-21(13-11-19)35(32,33)30-20-7-5-6-18(15-20)25(26,27)28/h5-15,22,30H,4H2,1-3H3,(H,29,31)/t22-/m0/s1. The quantitative estimate of drug-likeness (QED) is 0.397. The fourth-order valence-electron chi connectivity index (χ4n) is 3.22. The van der Waals surface area contributed by atoms with Crippen LogP contribution in [0, 0.1) is 13.8 Å². The third-order valence-corrected chi connectivity index (χ3v) is 6.55. The predicted molar refractivity (Wildman–Crippen MR) is 128 cm³/mol. The van der Waals surface area contributed by atoms with Gasteiger partial charge in [-0.25, -0.2) is 8.42 Å². The fraction of sp³-hybridized carbons (Fsp3) is 0.240. The van der Waals surface area contributed by atoms with E-state index in [9.17, 15) is 26.4 Å². The maximum atomic E-state index is 12.9. The minimum atomic E-state index is -4.60. The molecule has 0 saturated heterocycles. The Bertz CT molecular complexity index is 1310. The molecule has 1 atom stereocenters. The third kappa shape index (κ3) is 6.75. The van der Waals surface area contributed by atoms with Crippen molar-refractivity contribution in [1.82, 2.24) is 0 Å². The van der Waals surface area contributed by atoms with Crippen molar-refractivity contribution in [3.8, 4) is 5.75 Å². The van der Waals surface area contributed by atoms with Crippen molar-refractivity contribution in [3.63, 3.8) is 0 Å². The van der Waals surface area contributed by atoms with Crippen LogP contribution in [0.2, 0.25) is 0 Å². The molecule has 6 nitrogen and oxygen atoms in total. The Labute approximate surface area is 202 Å². The van der Waals surface area contributed by atoms with Crippen LogP contribution in [0.3, 0.4) is 0 Å². The maximum Gasteiger partial charge on any atom is 0.416 e. The van der Waals surface area contributed by atoms with Gasteiger partial charge in [0.2, 0.25) is 0 Å². The van der Waals surface area contributed by atoms with Crippen molar-refractivity contribution in [3.05, 3.63) is 83.4 Å². The summed E-state index contributed by atoms with van der Waals surface area (Å²) in [6.45, 7) is 5.61. The highest BCUT2D eigenvalue weighted by atomic mass is 32.2. The summed E-state index contributed by atoms with van der Waals surface area (Å²) in [5, 5.41) is 2.70. The first-order valence-electron chi connectivity index (χ1n) is 10.7. The Morgan fingerprint density at radius 3 is 2.29 bits per heavy atom. The number of amides is 1. The zero-order valence-corrected chi connectivity index (χ0v) is 20.1. The zero-order chi connectivity index (χ0) is 25.8. The SMILES string of the molecule is CC[C@H](Oc1cc(C)ccc1C)C(=O)Nc1ccc(S(=O)(=O)Nc2cccc(C(F)(F)F)c2)cc1. The number of halogens is 3. The van der Waals surface area contributed by atoms with E-state index < -0.39 is 33.8 Å². The molecule has 0 saturated carbocycles. The number of carbonyl (C=O) groups excluding carboxylic acids is 1. The summed E-state index contributed by atoms with van der Waals surface area (Å²) in [5.41, 5.74) is 1.05. The van der Waals surface area contributed by atoms with E-state index in [1.807, 2.05) is 39.0 Å². The number of rotatable bonds is 8. The molecular formula is C25H25F3N2O4S. The molecule has 0 bridgehead atoms. The molecule has 0 aliphatic heterocycles. The first-order valence-corrected chi connectivity index (χ1v) is 12.2. The van der Waals surface area contributed by atoms with Crippen molar-refractivity contribution < 1.29 is 31.1 Å². The van der Waals surface area contributed by atoms with Gasteiger partial charge in [0.05, 0.1) is 10.5 Å². The molecule has 0 aliphatic carbocycles. The van der Waals surface area contributed by atoms with Crippen LogP contribution in [0.25, 0.3) is 0 Å². The average molecular weight is 507 g/mol. The van der Waals surface area contributed by atoms with Crippen molar-refractivity contribution >= 4 is 27.3 Å². The smallest absolute Gasteiger partial charge is 0.416 e. The van der Waals surface area contributed by atoms with Crippen LogP contribution in [-0.4, -0.2) is 20.4 Å². The molecule has 10 heteroatoms. The Morgan fingerprint density at radius 2 is 1.66 bits per heavy atom. The minimum absolute atomic E-state index is 0.174. The number of sulfonamides is 1. The third-order valence-electron chi connectivity index (χ3n) is 5.15. The summed E-state index contributed by atoms with van der Waals surface area (Å²) in [4.78, 5) is 12.5. The normalized spacial score (nSPS) is 12.6. The Balaban J connectivity index is 1.70. The number of anilines is 2. The summed E-state index contributed by atoms with van der Waals surface area (Å²) in [5.74, 6) is 0.209. The second-order valence-corrected chi connectivity index (χ2v) is 9.66. The molecule has 0 aliphatic rings. The van der Waals surface area contributed by atoms with Crippen molar-refractivity contribution in [2.24, 2.45) is 0 Å². The van der Waals surface area contributed by atoms with E-state index in [-0.39, 0.29) is 10.6 Å². The van der Waals surface area contributed by atoms with Crippen LogP contribution in [-0.2, 0) is 21.0 Å². The van der Waals surface area contributed by atoms with Gasteiger partial charge >= 0.3 is 6.18 Å². The Hall–Kier alpha value is -3.53. The van der Waals surface area contributed by atoms with E-state index in [4.69, 9.17) is 4.74 Å². The van der Waals surface area contributed by atoms with E-state index in [0.29, 0.717) is 23.9 Å². The molecule has 0 spiro atoms. The summed E-state index contributed by atoms with van der Waals surface area (Å²) >= 11 is 0. The molecule has 0 fully saturated rings. The van der Waals surface area contributed by atoms with Gasteiger partial charge in [-0.2, -0.15) is 13.2 Å². The first-order chi connectivity index (χ1) is 16.4. The lowest BCUT2D eigenvalue weighted by Crippen LogP contribution is -2.32. The van der Waals surface area contributed by atoms with Gasteiger partial charge in [-0.3, -0.25) is 9.52 Å². The molecule has 3 aromatic carbocycles. The average Bonchev–Trinajstić information content (AvgIpc) is 2.79. The van der Waals surface area contributed by atoms with Crippen LogP contribution in [0.15, 0.2) is 71.6 Å². The van der Waals surface area contributed by atoms with Gasteiger partial charge < -0.3 is 10.1 Å². The maximum absolute atomic E-state index is 12.9. The molecule has 1 amide bonds. The van der Waals surface area contributed by atoms with E-state index in [2.05, 4.69) is 10.0 Å². The van der Waals surface area contributed by atoms with Gasteiger partial charge in [0.15, 0.2) is 6.10 Å². The lowest BCUT2D eigenvalue weighted by atomic mass is 10.1. The molecule has 186 valence electrons. The van der Waals surface area contributed by atoms with Crippen molar-refractivity contribution in [2.75, 3.05) is 10.0 Å². The Kier molecular flexibility index (Phi) is 7.74. The van der Waals surface area contributed by atoms with Gasteiger partial charge in [0, 0.05) is 11.4 Å². The van der Waals surface area contributed by atoms with Crippen LogP contribution < -0.4 is 14.8 Å². The fourth-order valence-corrected chi connectivity index (χ4v) is 4.27. The van der Waals surface area contributed by atoms with Crippen molar-refractivity contribution in [1.29, 1.82) is 0 Å². The Morgan fingerprint density at radius 1 is 0.971 bits per heavy atom. The number of hydrogen-bond donors (Lipinski definition) is 2. The lowest BCUT2D eigenvalue weighted by Gasteiger charge is -2.19. The van der Waals surface area contributed by atoms with E-state index in [0.717, 1.165) is 23.3 Å². The van der Waals surface area contributed by atoms with Gasteiger partial charge in [-0.1, -0.05) is 25.1 Å². The monoisotopic (exact) mass is 506 g/mol. The minimum Gasteiger partial charge on any atom is -0.480 e.